The van der Waals surface area contributed by atoms with Crippen molar-refractivity contribution >= 4 is 23.3 Å². The molecule has 1 atom stereocenters. The maximum absolute atomic E-state index is 12.1. The molecule has 0 saturated carbocycles. The monoisotopic (exact) mass is 390 g/mol. The maximum Gasteiger partial charge on any atom is 0.271 e. The minimum atomic E-state index is -1.68. The zero-order chi connectivity index (χ0) is 20.8. The Morgan fingerprint density at radius 2 is 2.17 bits per heavy atom. The number of likely N-dealkylation sites (tertiary alicyclic amines) is 1. The van der Waals surface area contributed by atoms with Crippen molar-refractivity contribution in [2.24, 2.45) is 5.73 Å². The molecule has 3 heterocycles. The summed E-state index contributed by atoms with van der Waals surface area (Å²) < 4.78 is 1.54. The van der Waals surface area contributed by atoms with Crippen LogP contribution >= 0.6 is 0 Å². The van der Waals surface area contributed by atoms with Crippen LogP contribution in [0.15, 0.2) is 36.7 Å². The standard InChI is InChI=1S/C20H18N6O3/c1-25-9-7-20(29,19(25)28)6-5-12-3-2-4-13(11-12)14-18-23-8-10-26(18)16(21)15(24-14)17(22)27/h2-4,8,10-11,29H,7,9,21H2,1H3,(H2,22,27)/t20-/m0/s1. The number of amides is 2. The molecule has 2 aromatic heterocycles. The van der Waals surface area contributed by atoms with Gasteiger partial charge in [-0.25, -0.2) is 9.97 Å². The highest BCUT2D eigenvalue weighted by Gasteiger charge is 2.42. The molecule has 3 aromatic rings. The first-order valence-electron chi connectivity index (χ1n) is 8.84. The summed E-state index contributed by atoms with van der Waals surface area (Å²) in [6, 6.07) is 7.02. The summed E-state index contributed by atoms with van der Waals surface area (Å²) in [5, 5.41) is 10.5. The lowest BCUT2D eigenvalue weighted by Gasteiger charge is -2.13. The Hall–Kier alpha value is -3.90. The lowest BCUT2D eigenvalue weighted by Crippen LogP contribution is -2.37. The van der Waals surface area contributed by atoms with E-state index in [2.05, 4.69) is 21.8 Å². The Kier molecular flexibility index (Phi) is 4.21. The maximum atomic E-state index is 12.1. The number of carbonyl (C=O) groups is 2. The smallest absolute Gasteiger partial charge is 0.271 e. The normalized spacial score (nSPS) is 18.7. The van der Waals surface area contributed by atoms with E-state index in [0.717, 1.165) is 0 Å². The molecule has 146 valence electrons. The highest BCUT2D eigenvalue weighted by Crippen LogP contribution is 2.26. The number of hydrogen-bond donors (Lipinski definition) is 3. The van der Waals surface area contributed by atoms with E-state index >= 15 is 0 Å². The van der Waals surface area contributed by atoms with Crippen molar-refractivity contribution < 1.29 is 14.7 Å². The zero-order valence-corrected chi connectivity index (χ0v) is 15.6. The van der Waals surface area contributed by atoms with Crippen molar-refractivity contribution in [2.45, 2.75) is 12.0 Å². The molecule has 5 N–H and O–H groups in total. The molecule has 29 heavy (non-hydrogen) atoms. The summed E-state index contributed by atoms with van der Waals surface area (Å²) in [5.74, 6) is 4.49. The SMILES string of the molecule is CN1CC[C@@](O)(C#Cc2cccc(-c3nc(C(N)=O)c(N)n4ccnc34)c2)C1=O. The molecular formula is C20H18N6O3. The van der Waals surface area contributed by atoms with E-state index < -0.39 is 17.4 Å². The lowest BCUT2D eigenvalue weighted by atomic mass is 10.0. The number of primary amides is 1. The summed E-state index contributed by atoms with van der Waals surface area (Å²) in [5.41, 5.74) is 11.7. The minimum absolute atomic E-state index is 0.0594. The predicted molar refractivity (Wildman–Crippen MR) is 105 cm³/mol. The fourth-order valence-electron chi connectivity index (χ4n) is 3.27. The number of likely N-dealkylation sites (N-methyl/N-ethyl adjacent to an activating group) is 1. The van der Waals surface area contributed by atoms with Crippen molar-refractivity contribution in [1.29, 1.82) is 0 Å². The number of aromatic nitrogens is 3. The summed E-state index contributed by atoms with van der Waals surface area (Å²) in [4.78, 5) is 33.9. The number of carbonyl (C=O) groups excluding carboxylic acids is 2. The van der Waals surface area contributed by atoms with Gasteiger partial charge in [-0.3, -0.25) is 14.0 Å². The fraction of sp³-hybridized carbons (Fsp3) is 0.200. The second-order valence-electron chi connectivity index (χ2n) is 6.85. The van der Waals surface area contributed by atoms with E-state index in [0.29, 0.717) is 29.0 Å². The van der Waals surface area contributed by atoms with Crippen LogP contribution in [-0.4, -0.2) is 55.4 Å². The number of anilines is 1. The number of hydrogen-bond acceptors (Lipinski definition) is 6. The molecule has 1 aromatic carbocycles. The van der Waals surface area contributed by atoms with E-state index in [1.807, 2.05) is 0 Å². The first-order valence-corrected chi connectivity index (χ1v) is 8.84. The molecule has 1 saturated heterocycles. The molecule has 1 aliphatic rings. The van der Waals surface area contributed by atoms with Crippen LogP contribution in [0.2, 0.25) is 0 Å². The second kappa shape index (κ2) is 6.61. The van der Waals surface area contributed by atoms with Crippen LogP contribution < -0.4 is 11.5 Å². The van der Waals surface area contributed by atoms with Crippen LogP contribution in [0.3, 0.4) is 0 Å². The Morgan fingerprint density at radius 3 is 2.86 bits per heavy atom. The zero-order valence-electron chi connectivity index (χ0n) is 15.6. The molecule has 1 fully saturated rings. The number of aliphatic hydroxyl groups is 1. The molecule has 2 amide bonds. The Labute approximate surface area is 166 Å². The first kappa shape index (κ1) is 18.5. The van der Waals surface area contributed by atoms with Gasteiger partial charge < -0.3 is 21.5 Å². The van der Waals surface area contributed by atoms with Crippen molar-refractivity contribution in [3.63, 3.8) is 0 Å². The van der Waals surface area contributed by atoms with Crippen LogP contribution in [0.1, 0.15) is 22.5 Å². The first-order chi connectivity index (χ1) is 13.8. The van der Waals surface area contributed by atoms with Gasteiger partial charge >= 0.3 is 0 Å². The molecule has 9 heteroatoms. The van der Waals surface area contributed by atoms with Crippen LogP contribution in [0.5, 0.6) is 0 Å². The number of fused-ring (bicyclic) bond motifs is 1. The predicted octanol–water partition coefficient (Wildman–Crippen LogP) is 0.0221. The number of benzene rings is 1. The topological polar surface area (TPSA) is 140 Å². The van der Waals surface area contributed by atoms with Crippen LogP contribution in [0.25, 0.3) is 16.9 Å². The summed E-state index contributed by atoms with van der Waals surface area (Å²) >= 11 is 0. The molecule has 1 aliphatic heterocycles. The largest absolute Gasteiger partial charge is 0.383 e. The number of imidazole rings is 1. The highest BCUT2D eigenvalue weighted by atomic mass is 16.3. The van der Waals surface area contributed by atoms with Crippen molar-refractivity contribution in [3.05, 3.63) is 47.9 Å². The third-order valence-electron chi connectivity index (χ3n) is 4.87. The molecule has 0 bridgehead atoms. The Balaban J connectivity index is 1.79. The molecule has 0 aliphatic carbocycles. The third-order valence-corrected chi connectivity index (χ3v) is 4.87. The molecule has 0 radical (unpaired) electrons. The molecule has 4 rings (SSSR count). The summed E-state index contributed by atoms with van der Waals surface area (Å²) in [6.07, 6.45) is 3.41. The van der Waals surface area contributed by atoms with Crippen molar-refractivity contribution in [1.82, 2.24) is 19.3 Å². The van der Waals surface area contributed by atoms with Gasteiger partial charge in [0, 0.05) is 43.5 Å². The van der Waals surface area contributed by atoms with E-state index in [1.165, 1.54) is 9.30 Å². The third kappa shape index (κ3) is 3.05. The number of nitrogens with two attached hydrogens (primary N) is 2. The molecule has 0 unspecified atom stereocenters. The number of nitrogens with zero attached hydrogens (tertiary/aromatic N) is 4. The number of nitrogen functional groups attached to an aromatic ring is 1. The van der Waals surface area contributed by atoms with E-state index in [-0.39, 0.29) is 17.9 Å². The number of rotatable bonds is 2. The Bertz CT molecular complexity index is 1220. The van der Waals surface area contributed by atoms with Gasteiger partial charge in [0.05, 0.1) is 0 Å². The molecular weight excluding hydrogens is 372 g/mol. The quantitative estimate of drug-likeness (QED) is 0.527. The van der Waals surface area contributed by atoms with Gasteiger partial charge in [0.25, 0.3) is 11.8 Å². The van der Waals surface area contributed by atoms with E-state index in [9.17, 15) is 14.7 Å². The summed E-state index contributed by atoms with van der Waals surface area (Å²) in [6.45, 7) is 0.452. The second-order valence-corrected chi connectivity index (χ2v) is 6.85. The van der Waals surface area contributed by atoms with Crippen LogP contribution in [-0.2, 0) is 4.79 Å². The van der Waals surface area contributed by atoms with Crippen molar-refractivity contribution in [2.75, 3.05) is 19.3 Å². The van der Waals surface area contributed by atoms with Crippen LogP contribution in [0.4, 0.5) is 5.82 Å². The van der Waals surface area contributed by atoms with Crippen LogP contribution in [0, 0.1) is 11.8 Å². The van der Waals surface area contributed by atoms with E-state index in [1.54, 1.807) is 43.7 Å². The average molecular weight is 390 g/mol. The van der Waals surface area contributed by atoms with Crippen molar-refractivity contribution in [3.8, 4) is 23.1 Å². The van der Waals surface area contributed by atoms with Gasteiger partial charge in [0.2, 0.25) is 5.60 Å². The van der Waals surface area contributed by atoms with Gasteiger partial charge in [-0.05, 0) is 12.1 Å². The minimum Gasteiger partial charge on any atom is -0.383 e. The molecule has 0 spiro atoms. The highest BCUT2D eigenvalue weighted by molar-refractivity contribution is 5.97. The Morgan fingerprint density at radius 1 is 1.38 bits per heavy atom. The lowest BCUT2D eigenvalue weighted by molar-refractivity contribution is -0.137. The van der Waals surface area contributed by atoms with Gasteiger partial charge in [-0.2, -0.15) is 0 Å². The average Bonchev–Trinajstić information content (AvgIpc) is 3.29. The van der Waals surface area contributed by atoms with Gasteiger partial charge in [0.15, 0.2) is 11.3 Å². The van der Waals surface area contributed by atoms with Gasteiger partial charge in [-0.15, -0.1) is 0 Å². The van der Waals surface area contributed by atoms with Gasteiger partial charge in [0.1, 0.15) is 11.5 Å². The van der Waals surface area contributed by atoms with Gasteiger partial charge in [-0.1, -0.05) is 24.0 Å². The summed E-state index contributed by atoms with van der Waals surface area (Å²) in [7, 11) is 1.63. The van der Waals surface area contributed by atoms with E-state index in [4.69, 9.17) is 11.5 Å². The fourth-order valence-corrected chi connectivity index (χ4v) is 3.27. The molecule has 9 nitrogen and oxygen atoms in total.